The maximum absolute atomic E-state index is 10.0. The smallest absolute Gasteiger partial charge is 0.211 e. The first kappa shape index (κ1) is 8.63. The quantitative estimate of drug-likeness (QED) is 0.564. The van der Waals surface area contributed by atoms with E-state index in [9.17, 15) is 4.79 Å². The summed E-state index contributed by atoms with van der Waals surface area (Å²) in [7, 11) is 0. The van der Waals surface area contributed by atoms with Gasteiger partial charge in [0.2, 0.25) is 6.08 Å². The van der Waals surface area contributed by atoms with Crippen LogP contribution in [0.25, 0.3) is 10.1 Å². The standard InChI is InChI=1S/C9H4BrNOS/c10-7-3-1-2-6-4-8(11-5-12)13-9(6)7/h1-4H. The molecule has 1 aromatic heterocycles. The molecular formula is C9H4BrNOS. The number of aliphatic imine (C=N–C) groups is 1. The van der Waals surface area contributed by atoms with E-state index in [1.807, 2.05) is 24.3 Å². The summed E-state index contributed by atoms with van der Waals surface area (Å²) in [5, 5.41) is 1.78. The Kier molecular flexibility index (Phi) is 2.27. The number of hydrogen-bond donors (Lipinski definition) is 0. The first-order chi connectivity index (χ1) is 6.31. The van der Waals surface area contributed by atoms with Gasteiger partial charge < -0.3 is 0 Å². The van der Waals surface area contributed by atoms with Crippen molar-refractivity contribution in [2.75, 3.05) is 0 Å². The minimum atomic E-state index is 0.692. The Hall–Kier alpha value is -0.960. The number of hydrogen-bond acceptors (Lipinski definition) is 3. The number of isocyanates is 1. The molecule has 0 saturated carbocycles. The average molecular weight is 254 g/mol. The zero-order chi connectivity index (χ0) is 9.26. The second-order valence-corrected chi connectivity index (χ2v) is 4.33. The first-order valence-corrected chi connectivity index (χ1v) is 5.18. The first-order valence-electron chi connectivity index (χ1n) is 3.57. The molecule has 0 spiro atoms. The van der Waals surface area contributed by atoms with Gasteiger partial charge in [-0.2, -0.15) is 4.99 Å². The molecule has 13 heavy (non-hydrogen) atoms. The molecule has 0 aliphatic rings. The highest BCUT2D eigenvalue weighted by atomic mass is 79.9. The van der Waals surface area contributed by atoms with Gasteiger partial charge in [-0.3, -0.25) is 0 Å². The number of thiophene rings is 1. The molecule has 0 saturated heterocycles. The highest BCUT2D eigenvalue weighted by Gasteiger charge is 2.02. The normalized spacial score (nSPS) is 9.92. The molecule has 2 nitrogen and oxygen atoms in total. The molecule has 0 amide bonds. The summed E-state index contributed by atoms with van der Waals surface area (Å²) < 4.78 is 2.14. The van der Waals surface area contributed by atoms with Gasteiger partial charge in [-0.15, -0.1) is 11.3 Å². The third-order valence-corrected chi connectivity index (χ3v) is 3.64. The fourth-order valence-electron chi connectivity index (χ4n) is 1.11. The van der Waals surface area contributed by atoms with Crippen molar-refractivity contribution in [1.29, 1.82) is 0 Å². The number of nitrogens with zero attached hydrogens (tertiary/aromatic N) is 1. The summed E-state index contributed by atoms with van der Waals surface area (Å²) >= 11 is 4.90. The Morgan fingerprint density at radius 3 is 3.00 bits per heavy atom. The minimum absolute atomic E-state index is 0.692. The molecule has 0 atom stereocenters. The Morgan fingerprint density at radius 2 is 2.31 bits per heavy atom. The molecule has 0 radical (unpaired) electrons. The van der Waals surface area contributed by atoms with Gasteiger partial charge in [0.05, 0.1) is 4.70 Å². The molecule has 0 unspecified atom stereocenters. The van der Waals surface area contributed by atoms with E-state index in [0.29, 0.717) is 5.00 Å². The zero-order valence-corrected chi connectivity index (χ0v) is 8.85. The molecule has 0 N–H and O–H groups in total. The fourth-order valence-corrected chi connectivity index (χ4v) is 2.63. The SMILES string of the molecule is O=C=Nc1cc2cccc(Br)c2s1. The van der Waals surface area contributed by atoms with Crippen LogP contribution >= 0.6 is 27.3 Å². The maximum atomic E-state index is 10.0. The number of halogens is 1. The monoisotopic (exact) mass is 253 g/mol. The van der Waals surface area contributed by atoms with Crippen molar-refractivity contribution in [3.8, 4) is 0 Å². The van der Waals surface area contributed by atoms with E-state index >= 15 is 0 Å². The molecule has 64 valence electrons. The van der Waals surface area contributed by atoms with E-state index in [1.165, 1.54) is 17.4 Å². The minimum Gasteiger partial charge on any atom is -0.211 e. The average Bonchev–Trinajstić information content (AvgIpc) is 2.49. The topological polar surface area (TPSA) is 29.4 Å². The third kappa shape index (κ3) is 1.56. The van der Waals surface area contributed by atoms with Crippen molar-refractivity contribution >= 4 is 48.4 Å². The fraction of sp³-hybridized carbons (Fsp3) is 0. The van der Waals surface area contributed by atoms with Crippen LogP contribution in [0.1, 0.15) is 0 Å². The van der Waals surface area contributed by atoms with Crippen LogP contribution in [0.2, 0.25) is 0 Å². The molecule has 1 aromatic carbocycles. The molecule has 4 heteroatoms. The van der Waals surface area contributed by atoms with Crippen LogP contribution in [-0.4, -0.2) is 6.08 Å². The highest BCUT2D eigenvalue weighted by molar-refractivity contribution is 9.10. The highest BCUT2D eigenvalue weighted by Crippen LogP contribution is 2.35. The van der Waals surface area contributed by atoms with Gasteiger partial charge in [-0.05, 0) is 33.4 Å². The predicted octanol–water partition coefficient (Wildman–Crippen LogP) is 3.63. The van der Waals surface area contributed by atoms with Crippen molar-refractivity contribution in [3.63, 3.8) is 0 Å². The van der Waals surface area contributed by atoms with Crippen molar-refractivity contribution in [3.05, 3.63) is 28.7 Å². The number of carbonyl (C=O) groups excluding carboxylic acids is 1. The van der Waals surface area contributed by atoms with E-state index in [1.54, 1.807) is 0 Å². The molecular weight excluding hydrogens is 250 g/mol. The van der Waals surface area contributed by atoms with Crippen LogP contribution < -0.4 is 0 Å². The Morgan fingerprint density at radius 1 is 1.46 bits per heavy atom. The van der Waals surface area contributed by atoms with Crippen molar-refractivity contribution in [2.24, 2.45) is 4.99 Å². The molecule has 0 fully saturated rings. The predicted molar refractivity (Wildman–Crippen MR) is 57.3 cm³/mol. The molecule has 0 bridgehead atoms. The Labute approximate surface area is 87.0 Å². The lowest BCUT2D eigenvalue weighted by molar-refractivity contribution is 0.565. The Bertz CT molecular complexity index is 499. The molecule has 1 heterocycles. The summed E-state index contributed by atoms with van der Waals surface area (Å²) in [6.07, 6.45) is 1.53. The maximum Gasteiger partial charge on any atom is 0.241 e. The van der Waals surface area contributed by atoms with E-state index in [2.05, 4.69) is 20.9 Å². The Balaban J connectivity index is 2.75. The van der Waals surface area contributed by atoms with Crippen LogP contribution in [0.3, 0.4) is 0 Å². The summed E-state index contributed by atoms with van der Waals surface area (Å²) in [6.45, 7) is 0. The van der Waals surface area contributed by atoms with Gasteiger partial charge >= 0.3 is 0 Å². The van der Waals surface area contributed by atoms with Gasteiger partial charge in [0.1, 0.15) is 5.00 Å². The summed E-state index contributed by atoms with van der Waals surface area (Å²) in [4.78, 5) is 13.6. The number of rotatable bonds is 1. The molecule has 2 rings (SSSR count). The molecule has 2 aromatic rings. The van der Waals surface area contributed by atoms with Crippen molar-refractivity contribution < 1.29 is 4.79 Å². The van der Waals surface area contributed by atoms with E-state index in [4.69, 9.17) is 0 Å². The second kappa shape index (κ2) is 3.42. The van der Waals surface area contributed by atoms with Crippen LogP contribution in [0.15, 0.2) is 33.7 Å². The third-order valence-electron chi connectivity index (χ3n) is 1.64. The summed E-state index contributed by atoms with van der Waals surface area (Å²) in [5.74, 6) is 0. The van der Waals surface area contributed by atoms with Gasteiger partial charge in [0.25, 0.3) is 0 Å². The lowest BCUT2D eigenvalue weighted by Gasteiger charge is -1.89. The number of fused-ring (bicyclic) bond motifs is 1. The van der Waals surface area contributed by atoms with Crippen LogP contribution in [-0.2, 0) is 4.79 Å². The second-order valence-electron chi connectivity index (χ2n) is 2.45. The van der Waals surface area contributed by atoms with Crippen LogP contribution in [0.5, 0.6) is 0 Å². The number of benzene rings is 1. The lowest BCUT2D eigenvalue weighted by Crippen LogP contribution is -1.62. The van der Waals surface area contributed by atoms with Crippen molar-refractivity contribution in [1.82, 2.24) is 0 Å². The van der Waals surface area contributed by atoms with E-state index in [0.717, 1.165) is 14.6 Å². The lowest BCUT2D eigenvalue weighted by atomic mass is 10.3. The van der Waals surface area contributed by atoms with Crippen LogP contribution in [0.4, 0.5) is 5.00 Å². The van der Waals surface area contributed by atoms with Crippen molar-refractivity contribution in [2.45, 2.75) is 0 Å². The van der Waals surface area contributed by atoms with Crippen LogP contribution in [0, 0.1) is 0 Å². The summed E-state index contributed by atoms with van der Waals surface area (Å²) in [5.41, 5.74) is 0. The van der Waals surface area contributed by atoms with Gasteiger partial charge in [0.15, 0.2) is 0 Å². The van der Waals surface area contributed by atoms with E-state index < -0.39 is 0 Å². The van der Waals surface area contributed by atoms with Gasteiger partial charge in [-0.1, -0.05) is 12.1 Å². The molecule has 0 aliphatic carbocycles. The largest absolute Gasteiger partial charge is 0.241 e. The van der Waals surface area contributed by atoms with E-state index in [-0.39, 0.29) is 0 Å². The zero-order valence-electron chi connectivity index (χ0n) is 6.45. The summed E-state index contributed by atoms with van der Waals surface area (Å²) in [6, 6.07) is 7.77. The van der Waals surface area contributed by atoms with Gasteiger partial charge in [0, 0.05) is 4.47 Å². The molecule has 0 aliphatic heterocycles. The van der Waals surface area contributed by atoms with Gasteiger partial charge in [-0.25, -0.2) is 4.79 Å².